The number of rotatable bonds is 10. The van der Waals surface area contributed by atoms with Gasteiger partial charge >= 0.3 is 11.9 Å². The highest BCUT2D eigenvalue weighted by molar-refractivity contribution is 5.89. The summed E-state index contributed by atoms with van der Waals surface area (Å²) >= 11 is 0. The van der Waals surface area contributed by atoms with Gasteiger partial charge in [0.2, 0.25) is 5.95 Å². The monoisotopic (exact) mass is 561 g/mol. The van der Waals surface area contributed by atoms with Crippen molar-refractivity contribution in [2.75, 3.05) is 31.5 Å². The first kappa shape index (κ1) is 29.3. The van der Waals surface area contributed by atoms with Crippen LogP contribution in [0.3, 0.4) is 0 Å². The molecule has 1 aliphatic rings. The van der Waals surface area contributed by atoms with Crippen molar-refractivity contribution in [3.8, 4) is 0 Å². The Morgan fingerprint density at radius 1 is 0.951 bits per heavy atom. The predicted octanol–water partition coefficient (Wildman–Crippen LogP) is 3.49. The summed E-state index contributed by atoms with van der Waals surface area (Å²) in [6, 6.07) is 12.4. The number of benzene rings is 1. The molecule has 12 heteroatoms. The zero-order chi connectivity index (χ0) is 29.0. The number of aromatic nitrogens is 5. The lowest BCUT2D eigenvalue weighted by Crippen LogP contribution is -2.37. The number of imidazole rings is 1. The van der Waals surface area contributed by atoms with E-state index >= 15 is 0 Å². The molecule has 11 nitrogen and oxygen atoms in total. The number of carboxylic acids is 2. The highest BCUT2D eigenvalue weighted by Crippen LogP contribution is 2.24. The van der Waals surface area contributed by atoms with Crippen LogP contribution in [0.5, 0.6) is 0 Å². The van der Waals surface area contributed by atoms with Gasteiger partial charge in [0, 0.05) is 50.3 Å². The van der Waals surface area contributed by atoms with E-state index in [1.54, 1.807) is 12.4 Å². The molecule has 0 spiro atoms. The molecular weight excluding hydrogens is 529 g/mol. The molecule has 1 fully saturated rings. The number of carbonyl (C=O) groups is 2. The van der Waals surface area contributed by atoms with Crippen molar-refractivity contribution >= 4 is 29.1 Å². The van der Waals surface area contributed by atoms with E-state index in [4.69, 9.17) is 15.2 Å². The van der Waals surface area contributed by atoms with E-state index < -0.39 is 11.9 Å². The Balaban J connectivity index is 0.000000426. The molecule has 0 amide bonds. The lowest BCUT2D eigenvalue weighted by Gasteiger charge is -2.31. The summed E-state index contributed by atoms with van der Waals surface area (Å²) in [6.07, 6.45) is 9.65. The van der Waals surface area contributed by atoms with E-state index in [-0.39, 0.29) is 5.82 Å². The van der Waals surface area contributed by atoms with E-state index in [1.165, 1.54) is 12.1 Å². The normalized spacial score (nSPS) is 14.1. The van der Waals surface area contributed by atoms with E-state index in [2.05, 4.69) is 29.7 Å². The first-order valence-corrected chi connectivity index (χ1v) is 13.3. The van der Waals surface area contributed by atoms with E-state index in [9.17, 15) is 14.0 Å². The Hall–Kier alpha value is -4.71. The zero-order valence-corrected chi connectivity index (χ0v) is 22.4. The lowest BCUT2D eigenvalue weighted by molar-refractivity contribution is -0.134. The summed E-state index contributed by atoms with van der Waals surface area (Å²) in [5.41, 5.74) is 2.86. The fraction of sp³-hybridized carbons (Fsp3) is 0.310. The summed E-state index contributed by atoms with van der Waals surface area (Å²) in [4.78, 5) is 39.5. The SMILES string of the molecule is Fc1ccc(Cn2c(CC3CCN(CCNc4ncccn4)CC3)nc3cccnc32)cc1.O=C(O)/C=C/C(=O)O. The summed E-state index contributed by atoms with van der Waals surface area (Å²) in [5, 5.41) is 18.9. The van der Waals surface area contributed by atoms with Crippen molar-refractivity contribution in [2.45, 2.75) is 25.8 Å². The minimum Gasteiger partial charge on any atom is -0.478 e. The number of carboxylic acid groups (broad SMARTS) is 2. The number of likely N-dealkylation sites (tertiary alicyclic amines) is 1. The second kappa shape index (κ2) is 14.6. The lowest BCUT2D eigenvalue weighted by atomic mass is 9.93. The highest BCUT2D eigenvalue weighted by atomic mass is 19.1. The number of hydrogen-bond donors (Lipinski definition) is 3. The van der Waals surface area contributed by atoms with Crippen LogP contribution in [0, 0.1) is 11.7 Å². The van der Waals surface area contributed by atoms with Gasteiger partial charge in [0.1, 0.15) is 17.2 Å². The second-order valence-corrected chi connectivity index (χ2v) is 9.58. The predicted molar refractivity (Wildman–Crippen MR) is 151 cm³/mol. The Bertz CT molecular complexity index is 1440. The maximum Gasteiger partial charge on any atom is 0.328 e. The molecule has 1 aromatic carbocycles. The van der Waals surface area contributed by atoms with Crippen LogP contribution in [-0.2, 0) is 22.6 Å². The molecule has 4 heterocycles. The summed E-state index contributed by atoms with van der Waals surface area (Å²) in [7, 11) is 0. The number of anilines is 1. The molecule has 0 aliphatic carbocycles. The van der Waals surface area contributed by atoms with Gasteiger partial charge in [-0.05, 0) is 67.7 Å². The van der Waals surface area contributed by atoms with E-state index in [0.717, 1.165) is 68.0 Å². The largest absolute Gasteiger partial charge is 0.478 e. The summed E-state index contributed by atoms with van der Waals surface area (Å²) < 4.78 is 15.6. The van der Waals surface area contributed by atoms with Crippen molar-refractivity contribution in [3.05, 3.63) is 90.4 Å². The number of fused-ring (bicyclic) bond motifs is 1. The molecule has 5 rings (SSSR count). The van der Waals surface area contributed by atoms with Crippen molar-refractivity contribution in [3.63, 3.8) is 0 Å². The van der Waals surface area contributed by atoms with Gasteiger partial charge in [-0.2, -0.15) is 0 Å². The third-order valence-corrected chi connectivity index (χ3v) is 6.66. The number of piperidine rings is 1. The van der Waals surface area contributed by atoms with Crippen LogP contribution in [0.4, 0.5) is 10.3 Å². The standard InChI is InChI=1S/C25H28FN7.C4H4O4/c26-21-6-4-20(5-7-21)18-33-23(31-22-3-1-10-27-24(22)33)17-19-8-14-32(15-9-19)16-13-30-25-28-11-2-12-29-25;5-3(6)1-2-4(7)8/h1-7,10-12,19H,8-9,13-18H2,(H,28,29,30);1-2H,(H,5,6)(H,7,8)/b;2-1+. The van der Waals surface area contributed by atoms with Crippen LogP contribution in [0.25, 0.3) is 11.2 Å². The van der Waals surface area contributed by atoms with Gasteiger partial charge < -0.3 is 25.0 Å². The van der Waals surface area contributed by atoms with Crippen LogP contribution >= 0.6 is 0 Å². The number of pyridine rings is 1. The average molecular weight is 562 g/mol. The Morgan fingerprint density at radius 2 is 1.61 bits per heavy atom. The van der Waals surface area contributed by atoms with Crippen LogP contribution < -0.4 is 5.32 Å². The van der Waals surface area contributed by atoms with E-state index in [1.807, 2.05) is 36.5 Å². The average Bonchev–Trinajstić information content (AvgIpc) is 3.31. The molecule has 1 aliphatic heterocycles. The first-order valence-electron chi connectivity index (χ1n) is 13.3. The second-order valence-electron chi connectivity index (χ2n) is 9.58. The highest BCUT2D eigenvalue weighted by Gasteiger charge is 2.22. The molecule has 1 saturated heterocycles. The van der Waals surface area contributed by atoms with Gasteiger partial charge in [-0.25, -0.2) is 33.9 Å². The van der Waals surface area contributed by atoms with E-state index in [0.29, 0.717) is 30.6 Å². The molecule has 214 valence electrons. The topological polar surface area (TPSA) is 146 Å². The van der Waals surface area contributed by atoms with Crippen LogP contribution in [0.1, 0.15) is 24.2 Å². The first-order chi connectivity index (χ1) is 19.9. The number of nitrogens with zero attached hydrogens (tertiary/aromatic N) is 6. The Labute approximate surface area is 236 Å². The van der Waals surface area contributed by atoms with Gasteiger partial charge in [-0.3, -0.25) is 0 Å². The van der Waals surface area contributed by atoms with Crippen molar-refractivity contribution < 1.29 is 24.2 Å². The molecule has 41 heavy (non-hydrogen) atoms. The quantitative estimate of drug-likeness (QED) is 0.246. The molecule has 0 saturated carbocycles. The minimum absolute atomic E-state index is 0.217. The molecular formula is C29H32FN7O4. The smallest absolute Gasteiger partial charge is 0.328 e. The number of halogens is 1. The third kappa shape index (κ3) is 9.17. The maximum atomic E-state index is 13.4. The summed E-state index contributed by atoms with van der Waals surface area (Å²) in [6.45, 7) is 4.64. The van der Waals surface area contributed by atoms with Gasteiger partial charge in [-0.1, -0.05) is 12.1 Å². The number of nitrogens with one attached hydrogen (secondary N) is 1. The van der Waals surface area contributed by atoms with Gasteiger partial charge in [0.25, 0.3) is 0 Å². The number of aliphatic carboxylic acids is 2. The number of hydrogen-bond acceptors (Lipinski definition) is 8. The molecule has 4 aromatic rings. The third-order valence-electron chi connectivity index (χ3n) is 6.66. The molecule has 0 atom stereocenters. The molecule has 3 aromatic heterocycles. The van der Waals surface area contributed by atoms with Crippen molar-refractivity contribution in [1.82, 2.24) is 29.4 Å². The van der Waals surface area contributed by atoms with Gasteiger partial charge in [-0.15, -0.1) is 0 Å². The van der Waals surface area contributed by atoms with Crippen molar-refractivity contribution in [1.29, 1.82) is 0 Å². The minimum atomic E-state index is -1.26. The van der Waals surface area contributed by atoms with Crippen molar-refractivity contribution in [2.24, 2.45) is 5.92 Å². The molecule has 0 bridgehead atoms. The summed E-state index contributed by atoms with van der Waals surface area (Å²) in [5.74, 6) is -0.392. The maximum absolute atomic E-state index is 13.4. The molecule has 0 unspecified atom stereocenters. The zero-order valence-electron chi connectivity index (χ0n) is 22.4. The van der Waals surface area contributed by atoms with Crippen LogP contribution in [0.2, 0.25) is 0 Å². The fourth-order valence-electron chi connectivity index (χ4n) is 4.63. The van der Waals surface area contributed by atoms with Gasteiger partial charge in [0.05, 0.1) is 6.54 Å². The molecule has 3 N–H and O–H groups in total. The Kier molecular flexibility index (Phi) is 10.4. The fourth-order valence-corrected chi connectivity index (χ4v) is 4.63. The van der Waals surface area contributed by atoms with Crippen LogP contribution in [-0.4, -0.2) is 77.7 Å². The van der Waals surface area contributed by atoms with Gasteiger partial charge in [0.15, 0.2) is 5.65 Å². The molecule has 0 radical (unpaired) electrons. The van der Waals surface area contributed by atoms with Crippen LogP contribution in [0.15, 0.2) is 73.2 Å². The Morgan fingerprint density at radius 3 is 2.27 bits per heavy atom.